The quantitative estimate of drug-likeness (QED) is 0.252. The fourth-order valence-electron chi connectivity index (χ4n) is 0. The first kappa shape index (κ1) is 22.5. The zero-order valence-electron chi connectivity index (χ0n) is 4.77. The van der Waals surface area contributed by atoms with Crippen LogP contribution in [-0.2, 0) is 46.9 Å². The van der Waals surface area contributed by atoms with Crippen LogP contribution in [0.3, 0.4) is 0 Å². The molecule has 7 nitrogen and oxygen atoms in total. The van der Waals surface area contributed by atoms with Gasteiger partial charge in [0, 0.05) is 10.4 Å². The summed E-state index contributed by atoms with van der Waals surface area (Å²) in [5.41, 5.74) is 0. The molecule has 0 rings (SSSR count). The van der Waals surface area contributed by atoms with Gasteiger partial charge < -0.3 is 24.1 Å². The molecule has 10 heteroatoms. The van der Waals surface area contributed by atoms with Crippen molar-refractivity contribution in [2.45, 2.75) is 0 Å². The van der Waals surface area contributed by atoms with Gasteiger partial charge in [-0.2, -0.15) is 0 Å². The van der Waals surface area contributed by atoms with E-state index in [9.17, 15) is 0 Å². The molecule has 0 heterocycles. The zero-order chi connectivity index (χ0) is 8.08. The summed E-state index contributed by atoms with van der Waals surface area (Å²) in [5.74, 6) is 0. The van der Waals surface area contributed by atoms with Gasteiger partial charge in [-0.15, -0.1) is 0 Å². The van der Waals surface area contributed by atoms with Gasteiger partial charge in [-0.3, -0.25) is 8.42 Å². The predicted molar refractivity (Wildman–Crippen MR) is 15.9 cm³/mol. The van der Waals surface area contributed by atoms with Gasteiger partial charge in [-0.05, 0) is 6.16 Å². The smallest absolute Gasteiger partial charge is 0.759 e. The Bertz CT molecular complexity index is 161. The molecule has 0 aliphatic rings. The summed E-state index contributed by atoms with van der Waals surface area (Å²) in [6, 6.07) is 0. The zero-order valence-corrected chi connectivity index (χ0v) is 9.50. The van der Waals surface area contributed by atoms with Crippen molar-refractivity contribution in [3.05, 3.63) is 0 Å². The third-order valence-electron chi connectivity index (χ3n) is 0. The maximum atomic E-state index is 8.52. The molecule has 66 valence electrons. The summed E-state index contributed by atoms with van der Waals surface area (Å²) in [4.78, 5) is 8.33. The van der Waals surface area contributed by atoms with Crippen LogP contribution in [0.4, 0.5) is 4.79 Å². The molecule has 0 aromatic carbocycles. The Labute approximate surface area is 85.6 Å². The van der Waals surface area contributed by atoms with E-state index in [1.165, 1.54) is 0 Å². The first-order valence-electron chi connectivity index (χ1n) is 1.28. The molecule has 0 amide bonds. The van der Waals surface area contributed by atoms with Crippen LogP contribution < -0.4 is 10.2 Å². The number of rotatable bonds is 0. The van der Waals surface area contributed by atoms with Gasteiger partial charge in [0.25, 0.3) is 0 Å². The molecule has 11 heavy (non-hydrogen) atoms. The van der Waals surface area contributed by atoms with Crippen LogP contribution in [0.15, 0.2) is 0 Å². The standard InChI is InChI=1S/CH2O3.Cu.H2O4S.Zn/c2-1(3)4;;1-5(2,3)4;/h(H2,2,3,4);;(H2,1,2,3,4);/q;+1;;+2/p-4. The molecule has 0 aromatic heterocycles. The van der Waals surface area contributed by atoms with E-state index in [2.05, 4.69) is 0 Å². The van der Waals surface area contributed by atoms with E-state index in [0.717, 1.165) is 0 Å². The summed E-state index contributed by atoms with van der Waals surface area (Å²) in [6.45, 7) is 0. The SMILES string of the molecule is O=C([O-])[O-].O=S(=O)([O-])[O-].[Cu+].[Zn+2]. The Morgan fingerprint density at radius 1 is 1.09 bits per heavy atom. The van der Waals surface area contributed by atoms with Crippen LogP contribution in [0, 0.1) is 0 Å². The van der Waals surface area contributed by atoms with Gasteiger partial charge in [-0.25, -0.2) is 0 Å². The van der Waals surface area contributed by atoms with Crippen LogP contribution >= 0.6 is 0 Å². The second kappa shape index (κ2) is 10.3. The van der Waals surface area contributed by atoms with Gasteiger partial charge >= 0.3 is 36.5 Å². The summed E-state index contributed by atoms with van der Waals surface area (Å²) >= 11 is 0. The van der Waals surface area contributed by atoms with Gasteiger partial charge in [0.15, 0.2) is 0 Å². The fourth-order valence-corrected chi connectivity index (χ4v) is 0. The minimum atomic E-state index is -5.17. The van der Waals surface area contributed by atoms with Crippen molar-refractivity contribution in [1.29, 1.82) is 0 Å². The molecular formula is CCuO7SZn-. The Hall–Kier alpha value is 0.283. The largest absolute Gasteiger partial charge is 2.00 e. The van der Waals surface area contributed by atoms with Crippen molar-refractivity contribution >= 4 is 16.6 Å². The monoisotopic (exact) mass is 283 g/mol. The van der Waals surface area contributed by atoms with E-state index in [4.69, 9.17) is 32.5 Å². The first-order chi connectivity index (χ1) is 3.73. The number of carboxylic acid groups (broad SMARTS) is 2. The molecule has 0 aliphatic carbocycles. The third kappa shape index (κ3) is 8820. The minimum absolute atomic E-state index is 0. The first-order valence-corrected chi connectivity index (χ1v) is 2.61. The maximum Gasteiger partial charge on any atom is 2.00 e. The topological polar surface area (TPSA) is 143 Å². The normalized spacial score (nSPS) is 7.45. The Morgan fingerprint density at radius 2 is 1.09 bits per heavy atom. The van der Waals surface area contributed by atoms with Crippen LogP contribution in [0.1, 0.15) is 0 Å². The molecule has 0 radical (unpaired) electrons. The van der Waals surface area contributed by atoms with Gasteiger partial charge in [0.05, 0.1) is 0 Å². The maximum absolute atomic E-state index is 8.52. The molecule has 0 unspecified atom stereocenters. The summed E-state index contributed by atoms with van der Waals surface area (Å²) in [7, 11) is -5.17. The summed E-state index contributed by atoms with van der Waals surface area (Å²) < 4.78 is 34.1. The third-order valence-corrected chi connectivity index (χ3v) is 0. The van der Waals surface area contributed by atoms with Crippen molar-refractivity contribution in [2.75, 3.05) is 0 Å². The molecule has 0 atom stereocenters. The van der Waals surface area contributed by atoms with E-state index in [1.807, 2.05) is 0 Å². The fraction of sp³-hybridized carbons (Fsp3) is 0. The van der Waals surface area contributed by atoms with Crippen LogP contribution in [-0.4, -0.2) is 23.7 Å². The molecule has 0 N–H and O–H groups in total. The predicted octanol–water partition coefficient (Wildman–Crippen LogP) is -3.79. The van der Waals surface area contributed by atoms with E-state index in [1.54, 1.807) is 0 Å². The molecule has 0 fully saturated rings. The summed E-state index contributed by atoms with van der Waals surface area (Å²) in [5, 5.41) is 16.7. The van der Waals surface area contributed by atoms with Crippen molar-refractivity contribution in [1.82, 2.24) is 0 Å². The summed E-state index contributed by atoms with van der Waals surface area (Å²) in [6.07, 6.45) is -2.33. The number of hydrogen-bond donors (Lipinski definition) is 0. The van der Waals surface area contributed by atoms with Crippen LogP contribution in [0.2, 0.25) is 0 Å². The molecule has 0 saturated heterocycles. The van der Waals surface area contributed by atoms with E-state index >= 15 is 0 Å². The van der Waals surface area contributed by atoms with E-state index in [-0.39, 0.29) is 36.5 Å². The van der Waals surface area contributed by atoms with Gasteiger partial charge in [-0.1, -0.05) is 0 Å². The second-order valence-corrected chi connectivity index (χ2v) is 1.47. The Morgan fingerprint density at radius 3 is 1.09 bits per heavy atom. The van der Waals surface area contributed by atoms with Crippen molar-refractivity contribution in [3.63, 3.8) is 0 Å². The molecular weight excluding hydrogens is 285 g/mol. The van der Waals surface area contributed by atoms with E-state index < -0.39 is 16.6 Å². The Balaban J connectivity index is -0.0000000383. The van der Waals surface area contributed by atoms with Gasteiger partial charge in [0.2, 0.25) is 0 Å². The van der Waals surface area contributed by atoms with Crippen LogP contribution in [0.25, 0.3) is 0 Å². The van der Waals surface area contributed by atoms with Gasteiger partial charge in [0.1, 0.15) is 0 Å². The van der Waals surface area contributed by atoms with E-state index in [0.29, 0.717) is 0 Å². The molecule has 0 aliphatic heterocycles. The number of hydrogen-bond acceptors (Lipinski definition) is 7. The van der Waals surface area contributed by atoms with Crippen molar-refractivity contribution < 1.29 is 69.1 Å². The molecule has 0 spiro atoms. The number of carbonyl (C=O) groups is 1. The Kier molecular flexibility index (Phi) is 21.0. The van der Waals surface area contributed by atoms with Crippen LogP contribution in [0.5, 0.6) is 0 Å². The van der Waals surface area contributed by atoms with Crippen molar-refractivity contribution in [2.24, 2.45) is 0 Å². The van der Waals surface area contributed by atoms with Crippen molar-refractivity contribution in [3.8, 4) is 0 Å². The molecule has 0 saturated carbocycles. The minimum Gasteiger partial charge on any atom is -0.759 e. The number of carbonyl (C=O) groups excluding carboxylic acids is 1. The molecule has 0 aromatic rings. The molecule has 0 bridgehead atoms. The second-order valence-electron chi connectivity index (χ2n) is 0.658. The average Bonchev–Trinajstić information content (AvgIpc) is 1.19. The average molecular weight is 285 g/mol.